The number of aliphatic hydroxyl groups excluding tert-OH is 3. The number of carboxylic acids is 1. The SMILES string of the molecule is O=C([O-])[C@@H]1O[C@H](Oc2c[nH]c3ccc(Br)c(Cl)c23)[C@@H](O)[C@H](O)[C@H]1O. The predicted molar refractivity (Wildman–Crippen MR) is 83.3 cm³/mol. The lowest BCUT2D eigenvalue weighted by molar-refractivity contribution is -0.342. The molecule has 2 aromatic rings. The summed E-state index contributed by atoms with van der Waals surface area (Å²) in [5.41, 5.74) is 0.639. The Labute approximate surface area is 148 Å². The molecule has 1 aromatic heterocycles. The predicted octanol–water partition coefficient (Wildman–Crippen LogP) is -0.480. The molecule has 0 aliphatic carbocycles. The monoisotopic (exact) mass is 420 g/mol. The van der Waals surface area contributed by atoms with Crippen LogP contribution in [0, 0.1) is 0 Å². The molecule has 0 unspecified atom stereocenters. The Balaban J connectivity index is 1.93. The first kappa shape index (κ1) is 17.5. The number of H-pyrrole nitrogens is 1. The molecule has 5 atom stereocenters. The van der Waals surface area contributed by atoms with Crippen molar-refractivity contribution in [2.75, 3.05) is 0 Å². The molecule has 0 spiro atoms. The summed E-state index contributed by atoms with van der Waals surface area (Å²) in [4.78, 5) is 13.9. The summed E-state index contributed by atoms with van der Waals surface area (Å²) in [6.07, 6.45) is -7.23. The Morgan fingerprint density at radius 1 is 1.29 bits per heavy atom. The third kappa shape index (κ3) is 2.87. The van der Waals surface area contributed by atoms with Crippen LogP contribution in [0.1, 0.15) is 0 Å². The number of rotatable bonds is 3. The number of carbonyl (C=O) groups is 1. The average molecular weight is 422 g/mol. The molecule has 0 saturated carbocycles. The molecule has 0 amide bonds. The van der Waals surface area contributed by atoms with Crippen LogP contribution in [0.3, 0.4) is 0 Å². The first-order chi connectivity index (χ1) is 11.3. The van der Waals surface area contributed by atoms with Crippen molar-refractivity contribution in [2.45, 2.75) is 30.7 Å². The van der Waals surface area contributed by atoms with E-state index in [4.69, 9.17) is 21.1 Å². The lowest BCUT2D eigenvalue weighted by atomic mass is 9.99. The molecule has 24 heavy (non-hydrogen) atoms. The second kappa shape index (κ2) is 6.51. The van der Waals surface area contributed by atoms with E-state index in [1.807, 2.05) is 0 Å². The largest absolute Gasteiger partial charge is 0.547 e. The van der Waals surface area contributed by atoms with E-state index < -0.39 is 36.7 Å². The molecular formula is C14H12BrClNO7-. The molecule has 1 aliphatic heterocycles. The maximum absolute atomic E-state index is 11.0. The van der Waals surface area contributed by atoms with Gasteiger partial charge in [0, 0.05) is 10.7 Å². The van der Waals surface area contributed by atoms with Gasteiger partial charge in [-0.3, -0.25) is 0 Å². The molecule has 4 N–H and O–H groups in total. The van der Waals surface area contributed by atoms with Crippen LogP contribution in [0.15, 0.2) is 22.8 Å². The summed E-state index contributed by atoms with van der Waals surface area (Å²) in [6.45, 7) is 0. The van der Waals surface area contributed by atoms with E-state index in [0.29, 0.717) is 20.4 Å². The first-order valence-corrected chi connectivity index (χ1v) is 8.00. The normalized spacial score (nSPS) is 30.5. The second-order valence-corrected chi connectivity index (χ2v) is 6.50. The molecule has 2 heterocycles. The topological polar surface area (TPSA) is 135 Å². The fraction of sp³-hybridized carbons (Fsp3) is 0.357. The molecule has 0 bridgehead atoms. The van der Waals surface area contributed by atoms with E-state index in [1.165, 1.54) is 6.20 Å². The van der Waals surface area contributed by atoms with E-state index >= 15 is 0 Å². The number of nitrogens with one attached hydrogen (secondary N) is 1. The van der Waals surface area contributed by atoms with Gasteiger partial charge in [-0.15, -0.1) is 0 Å². The molecule has 8 nitrogen and oxygen atoms in total. The summed E-state index contributed by atoms with van der Waals surface area (Å²) in [5, 5.41) is 41.2. The van der Waals surface area contributed by atoms with Gasteiger partial charge in [-0.05, 0) is 28.1 Å². The fourth-order valence-corrected chi connectivity index (χ4v) is 3.07. The van der Waals surface area contributed by atoms with E-state index in [9.17, 15) is 25.2 Å². The number of carboxylic acid groups (broad SMARTS) is 1. The standard InChI is InChI=1S/C14H13BrClNO7/c15-4-1-2-5-7(8(4)16)6(3-17-5)23-14-11(20)9(18)10(19)12(24-14)13(21)22/h1-3,9-12,14,17-20H,(H,21,22)/p-1/t9-,10-,11+,12-,14+/m1/s1. The third-order valence-corrected chi connectivity index (χ3v) is 5.03. The number of aromatic nitrogens is 1. The van der Waals surface area contributed by atoms with E-state index in [1.54, 1.807) is 12.1 Å². The van der Waals surface area contributed by atoms with E-state index in [0.717, 1.165) is 0 Å². The molecule has 0 radical (unpaired) electrons. The fourth-order valence-electron chi connectivity index (χ4n) is 2.49. The van der Waals surface area contributed by atoms with Crippen LogP contribution in [0.5, 0.6) is 5.75 Å². The first-order valence-electron chi connectivity index (χ1n) is 6.83. The maximum Gasteiger partial charge on any atom is 0.229 e. The minimum atomic E-state index is -1.85. The van der Waals surface area contributed by atoms with Crippen LogP contribution < -0.4 is 9.84 Å². The molecule has 3 rings (SSSR count). The van der Waals surface area contributed by atoms with Gasteiger partial charge in [0.05, 0.1) is 21.9 Å². The zero-order chi connectivity index (χ0) is 17.6. The van der Waals surface area contributed by atoms with Crippen LogP contribution in [-0.2, 0) is 9.53 Å². The van der Waals surface area contributed by atoms with Gasteiger partial charge in [-0.1, -0.05) is 11.6 Å². The Kier molecular flexibility index (Phi) is 4.73. The van der Waals surface area contributed by atoms with Crippen molar-refractivity contribution in [2.24, 2.45) is 0 Å². The molecule has 1 aliphatic rings. The molecule has 130 valence electrons. The minimum Gasteiger partial charge on any atom is -0.547 e. The van der Waals surface area contributed by atoms with Crippen LogP contribution >= 0.6 is 27.5 Å². The molecule has 1 aromatic carbocycles. The summed E-state index contributed by atoms with van der Waals surface area (Å²) < 4.78 is 11.1. The second-order valence-electron chi connectivity index (χ2n) is 5.27. The number of halogens is 2. The summed E-state index contributed by atoms with van der Waals surface area (Å²) in [5.74, 6) is -1.55. The Bertz CT molecular complexity index is 782. The number of ether oxygens (including phenoxy) is 2. The highest BCUT2D eigenvalue weighted by atomic mass is 79.9. The highest BCUT2D eigenvalue weighted by Gasteiger charge is 2.45. The van der Waals surface area contributed by atoms with Crippen molar-refractivity contribution in [1.82, 2.24) is 4.98 Å². The van der Waals surface area contributed by atoms with Crippen molar-refractivity contribution in [3.8, 4) is 5.75 Å². The zero-order valence-electron chi connectivity index (χ0n) is 11.8. The number of hydrogen-bond donors (Lipinski definition) is 4. The Morgan fingerprint density at radius 3 is 2.67 bits per heavy atom. The van der Waals surface area contributed by atoms with Gasteiger partial charge in [-0.2, -0.15) is 0 Å². The lowest BCUT2D eigenvalue weighted by Crippen LogP contribution is -2.63. The number of hydrogen-bond acceptors (Lipinski definition) is 7. The molecule has 1 fully saturated rings. The maximum atomic E-state index is 11.0. The number of aliphatic hydroxyl groups is 3. The van der Waals surface area contributed by atoms with Gasteiger partial charge in [-0.25, -0.2) is 0 Å². The van der Waals surface area contributed by atoms with Crippen molar-refractivity contribution in [3.63, 3.8) is 0 Å². The van der Waals surface area contributed by atoms with Gasteiger partial charge in [0.25, 0.3) is 0 Å². The summed E-state index contributed by atoms with van der Waals surface area (Å²) >= 11 is 9.49. The quantitative estimate of drug-likeness (QED) is 0.526. The van der Waals surface area contributed by atoms with Crippen LogP contribution in [0.25, 0.3) is 10.9 Å². The highest BCUT2D eigenvalue weighted by molar-refractivity contribution is 9.10. The summed E-state index contributed by atoms with van der Waals surface area (Å²) in [7, 11) is 0. The Hall–Kier alpha value is -1.36. The van der Waals surface area contributed by atoms with E-state index in [2.05, 4.69) is 20.9 Å². The number of benzene rings is 1. The van der Waals surface area contributed by atoms with E-state index in [-0.39, 0.29) is 5.75 Å². The number of carbonyl (C=O) groups excluding carboxylic acids is 1. The summed E-state index contributed by atoms with van der Waals surface area (Å²) in [6, 6.07) is 3.46. The molecule has 10 heteroatoms. The Morgan fingerprint density at radius 2 is 2.00 bits per heavy atom. The van der Waals surface area contributed by atoms with Crippen LogP contribution in [-0.4, -0.2) is 57.0 Å². The molecule has 1 saturated heterocycles. The van der Waals surface area contributed by atoms with Gasteiger partial charge in [0.1, 0.15) is 30.2 Å². The smallest absolute Gasteiger partial charge is 0.229 e. The molecular weight excluding hydrogens is 410 g/mol. The number of aliphatic carboxylic acids is 1. The lowest BCUT2D eigenvalue weighted by Gasteiger charge is -2.40. The van der Waals surface area contributed by atoms with Crippen molar-refractivity contribution < 1.29 is 34.7 Å². The van der Waals surface area contributed by atoms with Crippen LogP contribution in [0.2, 0.25) is 5.02 Å². The minimum absolute atomic E-state index is 0.182. The van der Waals surface area contributed by atoms with Gasteiger partial charge in [0.2, 0.25) is 6.29 Å². The third-order valence-electron chi connectivity index (χ3n) is 3.75. The van der Waals surface area contributed by atoms with Crippen molar-refractivity contribution in [1.29, 1.82) is 0 Å². The van der Waals surface area contributed by atoms with Crippen molar-refractivity contribution >= 4 is 44.4 Å². The zero-order valence-corrected chi connectivity index (χ0v) is 14.2. The number of aromatic amines is 1. The van der Waals surface area contributed by atoms with Gasteiger partial charge in [0.15, 0.2) is 0 Å². The van der Waals surface area contributed by atoms with Gasteiger partial charge < -0.3 is 39.7 Å². The van der Waals surface area contributed by atoms with Crippen LogP contribution in [0.4, 0.5) is 0 Å². The van der Waals surface area contributed by atoms with Gasteiger partial charge >= 0.3 is 0 Å². The number of fused-ring (bicyclic) bond motifs is 1. The highest BCUT2D eigenvalue weighted by Crippen LogP contribution is 2.38. The van der Waals surface area contributed by atoms with Crippen molar-refractivity contribution in [3.05, 3.63) is 27.8 Å². The average Bonchev–Trinajstić information content (AvgIpc) is 2.94.